The van der Waals surface area contributed by atoms with Gasteiger partial charge in [-0.25, -0.2) is 0 Å². The number of halogens is 1. The van der Waals surface area contributed by atoms with Crippen LogP contribution in [0.4, 0.5) is 11.4 Å². The van der Waals surface area contributed by atoms with Crippen LogP contribution in [0.25, 0.3) is 0 Å². The molecule has 0 unspecified atom stereocenters. The van der Waals surface area contributed by atoms with Crippen LogP contribution in [-0.4, -0.2) is 4.99 Å². The largest absolute Gasteiger partial charge is 0.389 e. The first kappa shape index (κ1) is 14.4. The number of hydrogen-bond acceptors (Lipinski definition) is 2. The molecule has 1 aliphatic carbocycles. The number of benzene rings is 2. The molecule has 3 rings (SSSR count). The maximum Gasteiger partial charge on any atom is 0.106 e. The van der Waals surface area contributed by atoms with Crippen LogP contribution in [0.2, 0.25) is 5.02 Å². The number of fused-ring (bicyclic) bond motifs is 1. The van der Waals surface area contributed by atoms with Crippen molar-refractivity contribution in [1.82, 2.24) is 0 Å². The Morgan fingerprint density at radius 2 is 1.90 bits per heavy atom. The minimum Gasteiger partial charge on any atom is -0.389 e. The molecule has 4 heteroatoms. The fourth-order valence-electron chi connectivity index (χ4n) is 2.87. The van der Waals surface area contributed by atoms with Gasteiger partial charge in [-0.05, 0) is 61.1 Å². The van der Waals surface area contributed by atoms with E-state index in [1.54, 1.807) is 0 Å². The van der Waals surface area contributed by atoms with Crippen molar-refractivity contribution in [3.8, 4) is 0 Å². The summed E-state index contributed by atoms with van der Waals surface area (Å²) < 4.78 is 0. The summed E-state index contributed by atoms with van der Waals surface area (Å²) in [4.78, 5) is 0.352. The highest BCUT2D eigenvalue weighted by Gasteiger charge is 2.14. The Balaban J connectivity index is 2.00. The summed E-state index contributed by atoms with van der Waals surface area (Å²) in [6, 6.07) is 12.0. The number of nitrogens with one attached hydrogen (secondary N) is 1. The fourth-order valence-corrected chi connectivity index (χ4v) is 3.21. The summed E-state index contributed by atoms with van der Waals surface area (Å²) in [5.74, 6) is 0. The number of aryl methyl sites for hydroxylation is 1. The molecule has 2 aromatic carbocycles. The lowest BCUT2D eigenvalue weighted by molar-refractivity contribution is 0.687. The van der Waals surface area contributed by atoms with Gasteiger partial charge in [0.15, 0.2) is 0 Å². The SMILES string of the molecule is NC(=S)c1cc(Cl)ccc1Nc1cccc2c1CCCC2. The lowest BCUT2D eigenvalue weighted by atomic mass is 9.90. The molecule has 21 heavy (non-hydrogen) atoms. The third-order valence-electron chi connectivity index (χ3n) is 3.91. The van der Waals surface area contributed by atoms with Crippen LogP contribution in [-0.2, 0) is 12.8 Å². The van der Waals surface area contributed by atoms with Crippen molar-refractivity contribution in [3.63, 3.8) is 0 Å². The predicted molar refractivity (Wildman–Crippen MR) is 93.7 cm³/mol. The zero-order valence-electron chi connectivity index (χ0n) is 11.7. The predicted octanol–water partition coefficient (Wildman–Crippen LogP) is 4.60. The summed E-state index contributed by atoms with van der Waals surface area (Å²) in [6.45, 7) is 0. The van der Waals surface area contributed by atoms with Crippen molar-refractivity contribution in [3.05, 3.63) is 58.1 Å². The van der Waals surface area contributed by atoms with E-state index in [-0.39, 0.29) is 0 Å². The van der Waals surface area contributed by atoms with E-state index in [0.29, 0.717) is 10.0 Å². The Bertz CT molecular complexity index is 697. The molecule has 0 radical (unpaired) electrons. The van der Waals surface area contributed by atoms with Crippen molar-refractivity contribution >= 4 is 40.2 Å². The zero-order chi connectivity index (χ0) is 14.8. The van der Waals surface area contributed by atoms with E-state index in [2.05, 4.69) is 23.5 Å². The number of hydrogen-bond donors (Lipinski definition) is 2. The molecule has 0 saturated carbocycles. The number of rotatable bonds is 3. The van der Waals surface area contributed by atoms with Gasteiger partial charge >= 0.3 is 0 Å². The monoisotopic (exact) mass is 316 g/mol. The molecule has 0 aromatic heterocycles. The molecule has 3 N–H and O–H groups in total. The van der Waals surface area contributed by atoms with E-state index in [4.69, 9.17) is 29.6 Å². The molecule has 0 aliphatic heterocycles. The van der Waals surface area contributed by atoms with E-state index >= 15 is 0 Å². The Kier molecular flexibility index (Phi) is 4.13. The van der Waals surface area contributed by atoms with Crippen molar-refractivity contribution in [1.29, 1.82) is 0 Å². The normalized spacial score (nSPS) is 13.6. The smallest absolute Gasteiger partial charge is 0.106 e. The highest BCUT2D eigenvalue weighted by atomic mass is 35.5. The summed E-state index contributed by atoms with van der Waals surface area (Å²) in [5.41, 5.74) is 11.5. The molecular formula is C17H17ClN2S. The van der Waals surface area contributed by atoms with E-state index < -0.39 is 0 Å². The second-order valence-electron chi connectivity index (χ2n) is 5.33. The Morgan fingerprint density at radius 1 is 1.10 bits per heavy atom. The molecule has 0 saturated heterocycles. The molecule has 0 atom stereocenters. The van der Waals surface area contributed by atoms with Crippen LogP contribution < -0.4 is 11.1 Å². The van der Waals surface area contributed by atoms with Gasteiger partial charge in [0.25, 0.3) is 0 Å². The van der Waals surface area contributed by atoms with Crippen molar-refractivity contribution in [2.75, 3.05) is 5.32 Å². The molecule has 1 aliphatic rings. The van der Waals surface area contributed by atoms with Crippen molar-refractivity contribution in [2.45, 2.75) is 25.7 Å². The number of nitrogens with two attached hydrogens (primary N) is 1. The van der Waals surface area contributed by atoms with Gasteiger partial charge in [-0.15, -0.1) is 0 Å². The van der Waals surface area contributed by atoms with Gasteiger partial charge < -0.3 is 11.1 Å². The van der Waals surface area contributed by atoms with Gasteiger partial charge in [0.1, 0.15) is 4.99 Å². The van der Waals surface area contributed by atoms with Gasteiger partial charge in [-0.1, -0.05) is 36.0 Å². The van der Waals surface area contributed by atoms with Crippen LogP contribution in [0.3, 0.4) is 0 Å². The number of anilines is 2. The Morgan fingerprint density at radius 3 is 2.71 bits per heavy atom. The lowest BCUT2D eigenvalue weighted by Crippen LogP contribution is -2.13. The molecule has 0 amide bonds. The van der Waals surface area contributed by atoms with Crippen LogP contribution in [0.15, 0.2) is 36.4 Å². The fraction of sp³-hybridized carbons (Fsp3) is 0.235. The van der Waals surface area contributed by atoms with E-state index in [1.165, 1.54) is 24.0 Å². The minimum absolute atomic E-state index is 0.352. The summed E-state index contributed by atoms with van der Waals surface area (Å²) in [5, 5.41) is 4.12. The third kappa shape index (κ3) is 3.04. The minimum atomic E-state index is 0.352. The molecule has 2 aromatic rings. The summed E-state index contributed by atoms with van der Waals surface area (Å²) in [6.07, 6.45) is 4.80. The Hall–Kier alpha value is -1.58. The second-order valence-corrected chi connectivity index (χ2v) is 6.21. The maximum atomic E-state index is 6.04. The second kappa shape index (κ2) is 6.04. The zero-order valence-corrected chi connectivity index (χ0v) is 13.2. The summed E-state index contributed by atoms with van der Waals surface area (Å²) in [7, 11) is 0. The van der Waals surface area contributed by atoms with Crippen molar-refractivity contribution < 1.29 is 0 Å². The molecule has 0 spiro atoms. The highest BCUT2D eigenvalue weighted by molar-refractivity contribution is 7.80. The average molecular weight is 317 g/mol. The highest BCUT2D eigenvalue weighted by Crippen LogP contribution is 2.31. The van der Waals surface area contributed by atoms with Gasteiger partial charge in [-0.2, -0.15) is 0 Å². The van der Waals surface area contributed by atoms with Gasteiger partial charge in [0.2, 0.25) is 0 Å². The molecule has 2 nitrogen and oxygen atoms in total. The molecule has 108 valence electrons. The van der Waals surface area contributed by atoms with Crippen LogP contribution in [0, 0.1) is 0 Å². The third-order valence-corrected chi connectivity index (χ3v) is 4.37. The first-order valence-electron chi connectivity index (χ1n) is 7.12. The Labute approximate surface area is 135 Å². The van der Waals surface area contributed by atoms with Crippen LogP contribution >= 0.6 is 23.8 Å². The quantitative estimate of drug-likeness (QED) is 0.813. The van der Waals surface area contributed by atoms with E-state index in [0.717, 1.165) is 29.8 Å². The maximum absolute atomic E-state index is 6.04. The van der Waals surface area contributed by atoms with Gasteiger partial charge in [-0.3, -0.25) is 0 Å². The first-order chi connectivity index (χ1) is 10.1. The van der Waals surface area contributed by atoms with Gasteiger partial charge in [0, 0.05) is 22.0 Å². The lowest BCUT2D eigenvalue weighted by Gasteiger charge is -2.21. The van der Waals surface area contributed by atoms with Crippen LogP contribution in [0.5, 0.6) is 0 Å². The molecule has 0 fully saturated rings. The molecule has 0 bridgehead atoms. The average Bonchev–Trinajstić information content (AvgIpc) is 2.49. The number of thiocarbonyl (C=S) groups is 1. The van der Waals surface area contributed by atoms with Crippen molar-refractivity contribution in [2.24, 2.45) is 5.73 Å². The van der Waals surface area contributed by atoms with E-state index in [9.17, 15) is 0 Å². The topological polar surface area (TPSA) is 38.0 Å². The molecular weight excluding hydrogens is 300 g/mol. The van der Waals surface area contributed by atoms with E-state index in [1.807, 2.05) is 18.2 Å². The standard InChI is InChI=1S/C17H17ClN2S/c18-12-8-9-16(14(10-12)17(19)21)20-15-7-3-5-11-4-1-2-6-13(11)15/h3,5,7-10,20H,1-2,4,6H2,(H2,19,21). The first-order valence-corrected chi connectivity index (χ1v) is 7.91. The van der Waals surface area contributed by atoms with Gasteiger partial charge in [0.05, 0.1) is 0 Å². The molecule has 0 heterocycles. The summed E-state index contributed by atoms with van der Waals surface area (Å²) >= 11 is 11.2. The van der Waals surface area contributed by atoms with Crippen LogP contribution in [0.1, 0.15) is 29.5 Å².